The zero-order chi connectivity index (χ0) is 10.1. The maximum Gasteiger partial charge on any atom is 0.207 e. The van der Waals surface area contributed by atoms with Crippen molar-refractivity contribution in [2.75, 3.05) is 0 Å². The van der Waals surface area contributed by atoms with Gasteiger partial charge in [0.1, 0.15) is 5.78 Å². The van der Waals surface area contributed by atoms with Crippen molar-refractivity contribution in [3.8, 4) is 0 Å². The lowest BCUT2D eigenvalue weighted by atomic mass is 10.1. The van der Waals surface area contributed by atoms with Gasteiger partial charge in [0.15, 0.2) is 11.2 Å². The van der Waals surface area contributed by atoms with E-state index in [-0.39, 0.29) is 11.7 Å². The summed E-state index contributed by atoms with van der Waals surface area (Å²) >= 11 is 0. The molecule has 14 heavy (non-hydrogen) atoms. The topological polar surface area (TPSA) is 56.0 Å². The van der Waals surface area contributed by atoms with Crippen molar-refractivity contribution in [1.82, 2.24) is 9.97 Å². The number of Topliss-reactive ketones (excluding diaryl/α,β-unsaturated/α-hetero) is 1. The lowest BCUT2D eigenvalue weighted by Gasteiger charge is -1.98. The Balaban J connectivity index is 2.50. The minimum atomic E-state index is -0.302. The van der Waals surface area contributed by atoms with Crippen molar-refractivity contribution in [2.24, 2.45) is 0 Å². The van der Waals surface area contributed by atoms with Gasteiger partial charge in [-0.15, -0.1) is 0 Å². The maximum absolute atomic E-state index is 11.1. The van der Waals surface area contributed by atoms with Gasteiger partial charge in [0.2, 0.25) is 5.89 Å². The van der Waals surface area contributed by atoms with E-state index in [4.69, 9.17) is 4.42 Å². The molecule has 72 valence electrons. The van der Waals surface area contributed by atoms with E-state index in [0.717, 1.165) is 0 Å². The molecule has 0 aliphatic carbocycles. The number of fused-ring (bicyclic) bond motifs is 1. The van der Waals surface area contributed by atoms with E-state index in [1.165, 1.54) is 6.92 Å². The van der Waals surface area contributed by atoms with E-state index in [9.17, 15) is 4.79 Å². The van der Waals surface area contributed by atoms with Crippen molar-refractivity contribution in [3.63, 3.8) is 0 Å². The number of carbonyl (C=O) groups excluding carboxylic acids is 1. The molecule has 4 nitrogen and oxygen atoms in total. The third-order valence-corrected chi connectivity index (χ3v) is 2.16. The number of hydrogen-bond donors (Lipinski definition) is 0. The first-order valence-corrected chi connectivity index (χ1v) is 4.40. The molecule has 0 spiro atoms. The molecule has 0 radical (unpaired) electrons. The fraction of sp³-hybridized carbons (Fsp3) is 0.300. The van der Waals surface area contributed by atoms with E-state index >= 15 is 0 Å². The molecule has 0 saturated carbocycles. The standard InChI is InChI=1S/C10H10N2O2/c1-6(7(2)13)10-12-9-8(14-10)4-3-5-11-9/h3-6H,1-2H3. The Hall–Kier alpha value is -1.71. The van der Waals surface area contributed by atoms with Crippen molar-refractivity contribution in [1.29, 1.82) is 0 Å². The fourth-order valence-corrected chi connectivity index (χ4v) is 1.14. The summed E-state index contributed by atoms with van der Waals surface area (Å²) in [6.45, 7) is 3.29. The molecular formula is C10H10N2O2. The zero-order valence-electron chi connectivity index (χ0n) is 8.02. The first-order chi connectivity index (χ1) is 6.68. The van der Waals surface area contributed by atoms with E-state index in [1.54, 1.807) is 25.3 Å². The lowest BCUT2D eigenvalue weighted by molar-refractivity contribution is -0.118. The van der Waals surface area contributed by atoms with Gasteiger partial charge in [0, 0.05) is 6.20 Å². The average Bonchev–Trinajstić information content (AvgIpc) is 2.59. The fourth-order valence-electron chi connectivity index (χ4n) is 1.14. The number of hydrogen-bond acceptors (Lipinski definition) is 4. The smallest absolute Gasteiger partial charge is 0.207 e. The highest BCUT2D eigenvalue weighted by Crippen LogP contribution is 2.19. The number of rotatable bonds is 2. The van der Waals surface area contributed by atoms with Crippen LogP contribution < -0.4 is 0 Å². The van der Waals surface area contributed by atoms with E-state index < -0.39 is 0 Å². The molecule has 0 aliphatic heterocycles. The molecule has 2 heterocycles. The minimum absolute atomic E-state index is 0.0385. The zero-order valence-corrected chi connectivity index (χ0v) is 8.02. The third kappa shape index (κ3) is 1.39. The van der Waals surface area contributed by atoms with Crippen LogP contribution in [0.4, 0.5) is 0 Å². The molecular weight excluding hydrogens is 180 g/mol. The number of aromatic nitrogens is 2. The van der Waals surface area contributed by atoms with Gasteiger partial charge in [-0.25, -0.2) is 4.98 Å². The summed E-state index contributed by atoms with van der Waals surface area (Å²) in [4.78, 5) is 19.3. The van der Waals surface area contributed by atoms with Crippen LogP contribution in [0.3, 0.4) is 0 Å². The Morgan fingerprint density at radius 3 is 3.00 bits per heavy atom. The molecule has 2 rings (SSSR count). The molecule has 1 unspecified atom stereocenters. The van der Waals surface area contributed by atoms with Crippen molar-refractivity contribution in [3.05, 3.63) is 24.2 Å². The second-order valence-corrected chi connectivity index (χ2v) is 3.21. The summed E-state index contributed by atoms with van der Waals surface area (Å²) in [7, 11) is 0. The second kappa shape index (κ2) is 3.21. The van der Waals surface area contributed by atoms with Crippen LogP contribution in [0.1, 0.15) is 25.7 Å². The maximum atomic E-state index is 11.1. The number of nitrogens with zero attached hydrogens (tertiary/aromatic N) is 2. The van der Waals surface area contributed by atoms with Gasteiger partial charge in [-0.05, 0) is 26.0 Å². The Morgan fingerprint density at radius 1 is 1.57 bits per heavy atom. The Bertz CT molecular complexity index is 443. The van der Waals surface area contributed by atoms with Gasteiger partial charge >= 0.3 is 0 Å². The lowest BCUT2D eigenvalue weighted by Crippen LogP contribution is -2.04. The first kappa shape index (κ1) is 8.87. The van der Waals surface area contributed by atoms with Crippen LogP contribution in [-0.2, 0) is 4.79 Å². The Kier molecular flexibility index (Phi) is 2.04. The van der Waals surface area contributed by atoms with E-state index in [0.29, 0.717) is 17.1 Å². The third-order valence-electron chi connectivity index (χ3n) is 2.16. The molecule has 0 aromatic carbocycles. The molecule has 4 heteroatoms. The van der Waals surface area contributed by atoms with Crippen LogP contribution in [0.2, 0.25) is 0 Å². The van der Waals surface area contributed by atoms with Crippen LogP contribution in [-0.4, -0.2) is 15.8 Å². The minimum Gasteiger partial charge on any atom is -0.438 e. The molecule has 0 bridgehead atoms. The van der Waals surface area contributed by atoms with Gasteiger partial charge in [-0.2, -0.15) is 4.98 Å². The van der Waals surface area contributed by atoms with Crippen LogP contribution >= 0.6 is 0 Å². The SMILES string of the molecule is CC(=O)C(C)c1nc2ncccc2o1. The molecule has 2 aromatic rings. The van der Waals surface area contributed by atoms with Crippen LogP contribution in [0.5, 0.6) is 0 Å². The number of ketones is 1. The summed E-state index contributed by atoms with van der Waals surface area (Å²) < 4.78 is 5.40. The van der Waals surface area contributed by atoms with Crippen molar-refractivity contribution < 1.29 is 9.21 Å². The normalized spacial score (nSPS) is 13.0. The summed E-state index contributed by atoms with van der Waals surface area (Å²) in [6.07, 6.45) is 1.65. The van der Waals surface area contributed by atoms with Crippen LogP contribution in [0, 0.1) is 0 Å². The quantitative estimate of drug-likeness (QED) is 0.725. The van der Waals surface area contributed by atoms with Crippen molar-refractivity contribution in [2.45, 2.75) is 19.8 Å². The summed E-state index contributed by atoms with van der Waals surface area (Å²) in [6, 6.07) is 3.56. The summed E-state index contributed by atoms with van der Waals surface area (Å²) in [5.74, 6) is 0.173. The second-order valence-electron chi connectivity index (χ2n) is 3.21. The Labute approximate surface area is 81.0 Å². The monoisotopic (exact) mass is 190 g/mol. The highest BCUT2D eigenvalue weighted by Gasteiger charge is 2.17. The number of pyridine rings is 1. The first-order valence-electron chi connectivity index (χ1n) is 4.40. The summed E-state index contributed by atoms with van der Waals surface area (Å²) in [5, 5.41) is 0. The van der Waals surface area contributed by atoms with Gasteiger partial charge in [-0.3, -0.25) is 4.79 Å². The Morgan fingerprint density at radius 2 is 2.36 bits per heavy atom. The molecule has 0 saturated heterocycles. The van der Waals surface area contributed by atoms with E-state index in [2.05, 4.69) is 9.97 Å². The molecule has 0 N–H and O–H groups in total. The highest BCUT2D eigenvalue weighted by molar-refractivity contribution is 5.82. The molecule has 0 aliphatic rings. The molecule has 2 aromatic heterocycles. The molecule has 0 fully saturated rings. The summed E-state index contributed by atoms with van der Waals surface area (Å²) in [5.41, 5.74) is 1.17. The van der Waals surface area contributed by atoms with Gasteiger partial charge in [0.25, 0.3) is 0 Å². The van der Waals surface area contributed by atoms with Crippen LogP contribution in [0.25, 0.3) is 11.2 Å². The average molecular weight is 190 g/mol. The molecule has 1 atom stereocenters. The van der Waals surface area contributed by atoms with Gasteiger partial charge in [0.05, 0.1) is 5.92 Å². The van der Waals surface area contributed by atoms with Crippen LogP contribution in [0.15, 0.2) is 22.7 Å². The van der Waals surface area contributed by atoms with E-state index in [1.807, 2.05) is 0 Å². The largest absolute Gasteiger partial charge is 0.438 e. The molecule has 0 amide bonds. The number of carbonyl (C=O) groups is 1. The van der Waals surface area contributed by atoms with Gasteiger partial charge < -0.3 is 4.42 Å². The predicted molar refractivity (Wildman–Crippen MR) is 50.9 cm³/mol. The predicted octanol–water partition coefficient (Wildman–Crippen LogP) is 1.92. The van der Waals surface area contributed by atoms with Crippen molar-refractivity contribution >= 4 is 17.0 Å². The number of oxazole rings is 1. The van der Waals surface area contributed by atoms with Gasteiger partial charge in [-0.1, -0.05) is 0 Å². The highest BCUT2D eigenvalue weighted by atomic mass is 16.3.